The number of aliphatic hydroxyl groups is 6. The van der Waals surface area contributed by atoms with Gasteiger partial charge in [0.25, 0.3) is 0 Å². The van der Waals surface area contributed by atoms with Crippen molar-refractivity contribution in [2.75, 3.05) is 13.2 Å². The van der Waals surface area contributed by atoms with Crippen LogP contribution in [-0.2, 0) is 4.79 Å². The summed E-state index contributed by atoms with van der Waals surface area (Å²) in [6, 6.07) is 0. The molecule has 0 spiro atoms. The third-order valence-electron chi connectivity index (χ3n) is 5.01. The van der Waals surface area contributed by atoms with Gasteiger partial charge in [-0.1, -0.05) is 84.0 Å². The largest absolute Gasteiger partial charge is 0.481 e. The maximum atomic E-state index is 10.3. The van der Waals surface area contributed by atoms with Crippen LogP contribution in [0.4, 0.5) is 0 Å². The van der Waals surface area contributed by atoms with Crippen molar-refractivity contribution in [1.82, 2.24) is 0 Å². The number of aliphatic hydroxyl groups excluding tert-OH is 6. The van der Waals surface area contributed by atoms with E-state index in [9.17, 15) is 4.79 Å². The summed E-state index contributed by atoms with van der Waals surface area (Å²) in [4.78, 5) is 10.3. The number of rotatable bonds is 19. The summed E-state index contributed by atoms with van der Waals surface area (Å²) in [5, 5.41) is 60.7. The van der Waals surface area contributed by atoms with Crippen LogP contribution in [0.3, 0.4) is 0 Å². The Bertz CT molecular complexity index is 353. The fraction of sp³-hybridized carbons (Fsp3) is 0.955. The highest BCUT2D eigenvalue weighted by Crippen LogP contribution is 2.12. The van der Waals surface area contributed by atoms with Crippen molar-refractivity contribution in [3.63, 3.8) is 0 Å². The molecule has 8 heteroatoms. The van der Waals surface area contributed by atoms with E-state index >= 15 is 0 Å². The van der Waals surface area contributed by atoms with Crippen LogP contribution < -0.4 is 0 Å². The van der Waals surface area contributed by atoms with Gasteiger partial charge in [-0.05, 0) is 6.42 Å². The predicted octanol–water partition coefficient (Wildman–Crippen LogP) is 1.97. The summed E-state index contributed by atoms with van der Waals surface area (Å²) in [6.45, 7) is 0.809. The van der Waals surface area contributed by atoms with Crippen LogP contribution in [0.25, 0.3) is 0 Å². The Kier molecular flexibility index (Phi) is 24.0. The van der Waals surface area contributed by atoms with Gasteiger partial charge in [-0.2, -0.15) is 0 Å². The first kappa shape index (κ1) is 31.4. The number of carboxylic acids is 1. The van der Waals surface area contributed by atoms with E-state index in [0.717, 1.165) is 12.8 Å². The molecule has 7 N–H and O–H groups in total. The minimum absolute atomic E-state index is 0.345. The molecule has 0 aromatic heterocycles. The first-order chi connectivity index (χ1) is 14.3. The molecule has 0 aromatic carbocycles. The molecule has 30 heavy (non-hydrogen) atoms. The van der Waals surface area contributed by atoms with Gasteiger partial charge in [0.2, 0.25) is 0 Å². The fourth-order valence-electron chi connectivity index (χ4n) is 2.97. The molecule has 0 rings (SSSR count). The zero-order valence-electron chi connectivity index (χ0n) is 18.7. The van der Waals surface area contributed by atoms with E-state index in [-0.39, 0.29) is 0 Å². The zero-order chi connectivity index (χ0) is 23.2. The molecule has 0 saturated carbocycles. The van der Waals surface area contributed by atoms with Crippen LogP contribution in [-0.4, -0.2) is 79.3 Å². The molecule has 0 saturated heterocycles. The summed E-state index contributed by atoms with van der Waals surface area (Å²) in [7, 11) is 0. The number of carbonyl (C=O) groups is 1. The molecule has 182 valence electrons. The molecule has 0 aromatic rings. The molecule has 0 aliphatic carbocycles. The average molecular weight is 439 g/mol. The lowest BCUT2D eigenvalue weighted by atomic mass is 10.0. The molecular formula is C22H46O8. The third-order valence-corrected chi connectivity index (χ3v) is 5.01. The van der Waals surface area contributed by atoms with Gasteiger partial charge in [0, 0.05) is 6.42 Å². The van der Waals surface area contributed by atoms with Crippen LogP contribution in [0.15, 0.2) is 0 Å². The van der Waals surface area contributed by atoms with Gasteiger partial charge in [-0.25, -0.2) is 0 Å². The number of unbranched alkanes of at least 4 members (excludes halogenated alkanes) is 12. The Morgan fingerprint density at radius 3 is 1.17 bits per heavy atom. The first-order valence-corrected chi connectivity index (χ1v) is 11.5. The van der Waals surface area contributed by atoms with Crippen molar-refractivity contribution >= 4 is 5.97 Å². The van der Waals surface area contributed by atoms with Gasteiger partial charge in [0.15, 0.2) is 0 Å². The van der Waals surface area contributed by atoms with Crippen LogP contribution in [0, 0.1) is 0 Å². The monoisotopic (exact) mass is 438 g/mol. The van der Waals surface area contributed by atoms with Crippen LogP contribution in [0.2, 0.25) is 0 Å². The average Bonchev–Trinajstić information content (AvgIpc) is 2.74. The highest BCUT2D eigenvalue weighted by molar-refractivity contribution is 5.66. The lowest BCUT2D eigenvalue weighted by Crippen LogP contribution is -2.46. The minimum atomic E-state index is -1.67. The molecule has 0 radical (unpaired) electrons. The topological polar surface area (TPSA) is 159 Å². The molecular weight excluding hydrogens is 392 g/mol. The van der Waals surface area contributed by atoms with E-state index in [4.69, 9.17) is 35.7 Å². The van der Waals surface area contributed by atoms with Crippen molar-refractivity contribution in [3.8, 4) is 0 Å². The maximum absolute atomic E-state index is 10.3. The summed E-state index contributed by atoms with van der Waals surface area (Å²) in [5.74, 6) is -0.655. The van der Waals surface area contributed by atoms with Crippen LogP contribution >= 0.6 is 0 Å². The van der Waals surface area contributed by atoms with Gasteiger partial charge in [-0.3, -0.25) is 4.79 Å². The van der Waals surface area contributed by atoms with Gasteiger partial charge in [0.05, 0.1) is 13.2 Å². The van der Waals surface area contributed by atoms with E-state index < -0.39 is 43.6 Å². The summed E-state index contributed by atoms with van der Waals surface area (Å²) >= 11 is 0. The van der Waals surface area contributed by atoms with Gasteiger partial charge < -0.3 is 35.7 Å². The molecule has 0 heterocycles. The molecule has 4 atom stereocenters. The lowest BCUT2D eigenvalue weighted by Gasteiger charge is -2.24. The molecule has 0 aliphatic heterocycles. The zero-order valence-corrected chi connectivity index (χ0v) is 18.7. The highest BCUT2D eigenvalue weighted by atomic mass is 16.4. The normalized spacial score (nSPS) is 15.0. The number of carboxylic acid groups (broad SMARTS) is 1. The quantitative estimate of drug-likeness (QED) is 0.151. The maximum Gasteiger partial charge on any atom is 0.303 e. The van der Waals surface area contributed by atoms with Gasteiger partial charge in [-0.15, -0.1) is 0 Å². The molecule has 0 unspecified atom stereocenters. The lowest BCUT2D eigenvalue weighted by molar-refractivity contribution is -0.137. The Balaban J connectivity index is 0. The summed E-state index contributed by atoms with van der Waals surface area (Å²) in [5.41, 5.74) is 0. The van der Waals surface area contributed by atoms with E-state index in [1.54, 1.807) is 0 Å². The number of hydrogen-bond acceptors (Lipinski definition) is 7. The number of hydrogen-bond donors (Lipinski definition) is 7. The van der Waals surface area contributed by atoms with E-state index in [2.05, 4.69) is 6.92 Å². The second-order valence-electron chi connectivity index (χ2n) is 7.87. The van der Waals surface area contributed by atoms with Gasteiger partial charge in [0.1, 0.15) is 24.4 Å². The van der Waals surface area contributed by atoms with Crippen molar-refractivity contribution in [2.45, 2.75) is 121 Å². The molecule has 0 fully saturated rings. The smallest absolute Gasteiger partial charge is 0.303 e. The van der Waals surface area contributed by atoms with Crippen molar-refractivity contribution in [2.24, 2.45) is 0 Å². The van der Waals surface area contributed by atoms with Crippen LogP contribution in [0.1, 0.15) is 96.8 Å². The van der Waals surface area contributed by atoms with Crippen molar-refractivity contribution in [1.29, 1.82) is 0 Å². The molecule has 0 aliphatic rings. The Morgan fingerprint density at radius 1 is 0.600 bits per heavy atom. The second-order valence-corrected chi connectivity index (χ2v) is 7.87. The van der Waals surface area contributed by atoms with E-state index in [1.807, 2.05) is 0 Å². The molecule has 0 bridgehead atoms. The van der Waals surface area contributed by atoms with Gasteiger partial charge >= 0.3 is 5.97 Å². The Hall–Kier alpha value is -0.770. The standard InChI is InChI=1S/C16H32O2.C6H14O6/c1-2-3-4-5-6-7-8-9-10-11-12-13-14-15-16(17)18;7-1-3(9)5(11)6(12)4(10)2-8/h2-15H2,1H3,(H,17,18);3-12H,1-2H2/t;3-,4+,5-,6-/m.1/s1. The van der Waals surface area contributed by atoms with E-state index in [1.165, 1.54) is 70.6 Å². The predicted molar refractivity (Wildman–Crippen MR) is 116 cm³/mol. The van der Waals surface area contributed by atoms with Crippen molar-refractivity contribution in [3.05, 3.63) is 0 Å². The SMILES string of the molecule is CCCCCCCCCCCCCCCC(=O)O.OC[C@@H](O)[C@@H](O)[C@H](O)[C@@H](O)CO. The Labute approximate surface area is 181 Å². The first-order valence-electron chi connectivity index (χ1n) is 11.5. The van der Waals surface area contributed by atoms with E-state index in [0.29, 0.717) is 6.42 Å². The summed E-state index contributed by atoms with van der Waals surface area (Å²) < 4.78 is 0. The second kappa shape index (κ2) is 22.9. The fourth-order valence-corrected chi connectivity index (χ4v) is 2.97. The number of aliphatic carboxylic acids is 1. The summed E-state index contributed by atoms with van der Waals surface area (Å²) in [6.07, 6.45) is 10.9. The van der Waals surface area contributed by atoms with Crippen molar-refractivity contribution < 1.29 is 40.5 Å². The third kappa shape index (κ3) is 20.5. The molecule has 0 amide bonds. The Morgan fingerprint density at radius 2 is 0.900 bits per heavy atom. The van der Waals surface area contributed by atoms with Crippen LogP contribution in [0.5, 0.6) is 0 Å². The molecule has 8 nitrogen and oxygen atoms in total. The highest BCUT2D eigenvalue weighted by Gasteiger charge is 2.29. The minimum Gasteiger partial charge on any atom is -0.481 e.